The summed E-state index contributed by atoms with van der Waals surface area (Å²) < 4.78 is 69.3. The summed E-state index contributed by atoms with van der Waals surface area (Å²) >= 11 is 0. The third kappa shape index (κ3) is 5.72. The lowest BCUT2D eigenvalue weighted by Gasteiger charge is -2.29. The first-order valence-corrected chi connectivity index (χ1v) is 13.4. The maximum Gasteiger partial charge on any atom is 0.335 e. The van der Waals surface area contributed by atoms with E-state index in [1.54, 1.807) is 18.2 Å². The fourth-order valence-corrected chi connectivity index (χ4v) is 5.09. The number of imidazole rings is 1. The molecule has 1 fully saturated rings. The molecule has 0 bridgehead atoms. The number of rotatable bonds is 9. The first-order valence-electron chi connectivity index (χ1n) is 13.4. The molecule has 12 heteroatoms. The summed E-state index contributed by atoms with van der Waals surface area (Å²) in [5.74, 6) is -4.21. The van der Waals surface area contributed by atoms with E-state index in [1.807, 2.05) is 4.57 Å². The Morgan fingerprint density at radius 1 is 1.05 bits per heavy atom. The van der Waals surface area contributed by atoms with Crippen LogP contribution >= 0.6 is 0 Å². The van der Waals surface area contributed by atoms with Crippen LogP contribution in [0.2, 0.25) is 0 Å². The molecule has 1 saturated heterocycles. The zero-order valence-electron chi connectivity index (χ0n) is 22.3. The Hall–Kier alpha value is -4.29. The number of carbonyl (C=O) groups is 1. The highest BCUT2D eigenvalue weighted by Gasteiger charge is 2.25. The molecule has 1 unspecified atom stereocenters. The molecule has 218 valence electrons. The zero-order valence-corrected chi connectivity index (χ0v) is 22.3. The maximum atomic E-state index is 14.8. The van der Waals surface area contributed by atoms with Gasteiger partial charge in [-0.15, -0.1) is 0 Å². The van der Waals surface area contributed by atoms with Crippen LogP contribution in [0.25, 0.3) is 16.6 Å². The number of aromatic carboxylic acids is 1. The summed E-state index contributed by atoms with van der Waals surface area (Å²) in [5.41, 5.74) is 2.11. The Bertz CT molecular complexity index is 1700. The Morgan fingerprint density at radius 2 is 1.88 bits per heavy atom. The average molecular weight is 583 g/mol. The molecule has 6 rings (SSSR count). The average Bonchev–Trinajstić information content (AvgIpc) is 3.27. The number of aromatic nitrogens is 3. The summed E-state index contributed by atoms with van der Waals surface area (Å²) in [4.78, 5) is 22.5. The van der Waals surface area contributed by atoms with E-state index in [9.17, 15) is 27.5 Å². The van der Waals surface area contributed by atoms with E-state index >= 15 is 0 Å². The molecule has 2 aliphatic rings. The SMILES string of the molecule is O=C(O)c1ccc2nc(CN3CC=C(c4nc(OCc5ccc(F)cc5F)c(F)cc4F)CC3)n(CC3CCO3)c2c1. The zero-order chi connectivity index (χ0) is 29.4. The number of halogens is 4. The Kier molecular flexibility index (Phi) is 7.65. The van der Waals surface area contributed by atoms with Crippen molar-refractivity contribution >= 4 is 22.6 Å². The summed E-state index contributed by atoms with van der Waals surface area (Å²) in [6, 6.07) is 8.46. The smallest absolute Gasteiger partial charge is 0.335 e. The van der Waals surface area contributed by atoms with E-state index in [-0.39, 0.29) is 22.9 Å². The molecule has 1 N–H and O–H groups in total. The first-order chi connectivity index (χ1) is 20.2. The summed E-state index contributed by atoms with van der Waals surface area (Å²) in [5, 5.41) is 9.46. The van der Waals surface area contributed by atoms with Gasteiger partial charge >= 0.3 is 5.97 Å². The largest absolute Gasteiger partial charge is 0.478 e. The second-order valence-corrected chi connectivity index (χ2v) is 10.3. The van der Waals surface area contributed by atoms with Crippen molar-refractivity contribution in [2.45, 2.75) is 38.6 Å². The Labute approximate surface area is 237 Å². The van der Waals surface area contributed by atoms with Gasteiger partial charge in [0.2, 0.25) is 0 Å². The quantitative estimate of drug-likeness (QED) is 0.267. The van der Waals surface area contributed by atoms with Crippen molar-refractivity contribution in [1.82, 2.24) is 19.4 Å². The standard InChI is InChI=1S/C30H26F4N4O4/c31-20-3-1-19(22(32)12-20)16-42-29-24(34)13-23(33)28(36-29)17-5-8-37(9-6-17)15-27-35-25-4-2-18(30(39)40)11-26(25)38(27)14-21-7-10-41-21/h1-5,11-13,21H,6-10,14-16H2,(H,39,40). The molecule has 0 spiro atoms. The molecule has 2 aliphatic heterocycles. The predicted molar refractivity (Wildman–Crippen MR) is 144 cm³/mol. The topological polar surface area (TPSA) is 89.7 Å². The van der Waals surface area contributed by atoms with Gasteiger partial charge in [-0.1, -0.05) is 6.08 Å². The second-order valence-electron chi connectivity index (χ2n) is 10.3. The normalized spacial score (nSPS) is 17.2. The lowest BCUT2D eigenvalue weighted by atomic mass is 10.0. The van der Waals surface area contributed by atoms with Gasteiger partial charge in [-0.2, -0.15) is 0 Å². The van der Waals surface area contributed by atoms with Crippen molar-refractivity contribution < 1.29 is 36.9 Å². The van der Waals surface area contributed by atoms with Gasteiger partial charge in [-0.3, -0.25) is 4.90 Å². The second kappa shape index (κ2) is 11.5. The van der Waals surface area contributed by atoms with E-state index in [1.165, 1.54) is 12.1 Å². The summed E-state index contributed by atoms with van der Waals surface area (Å²) in [6.07, 6.45) is 3.16. The third-order valence-electron chi connectivity index (χ3n) is 7.49. The highest BCUT2D eigenvalue weighted by Crippen LogP contribution is 2.29. The van der Waals surface area contributed by atoms with Gasteiger partial charge in [0.1, 0.15) is 29.8 Å². The first kappa shape index (κ1) is 27.9. The lowest BCUT2D eigenvalue weighted by Crippen LogP contribution is -2.33. The van der Waals surface area contributed by atoms with E-state index in [0.29, 0.717) is 62.4 Å². The molecule has 0 saturated carbocycles. The number of ether oxygens (including phenoxy) is 2. The van der Waals surface area contributed by atoms with E-state index < -0.39 is 41.7 Å². The van der Waals surface area contributed by atoms with Crippen molar-refractivity contribution in [2.24, 2.45) is 0 Å². The molecule has 2 aromatic heterocycles. The maximum absolute atomic E-state index is 14.8. The minimum atomic E-state index is -1.03. The van der Waals surface area contributed by atoms with Crippen LogP contribution in [0.1, 0.15) is 40.3 Å². The summed E-state index contributed by atoms with van der Waals surface area (Å²) in [7, 11) is 0. The monoisotopic (exact) mass is 582 g/mol. The van der Waals surface area contributed by atoms with Crippen LogP contribution in [0.5, 0.6) is 5.88 Å². The predicted octanol–water partition coefficient (Wildman–Crippen LogP) is 5.34. The Morgan fingerprint density at radius 3 is 2.57 bits per heavy atom. The molecule has 8 nitrogen and oxygen atoms in total. The number of fused-ring (bicyclic) bond motifs is 1. The molecule has 4 aromatic rings. The molecular weight excluding hydrogens is 556 g/mol. The van der Waals surface area contributed by atoms with E-state index in [2.05, 4.69) is 9.88 Å². The number of hydrogen-bond acceptors (Lipinski definition) is 6. The van der Waals surface area contributed by atoms with Crippen LogP contribution in [0.3, 0.4) is 0 Å². The number of carboxylic acids is 1. The molecule has 0 aliphatic carbocycles. The van der Waals surface area contributed by atoms with Gasteiger partial charge in [0.05, 0.1) is 35.8 Å². The number of hydrogen-bond donors (Lipinski definition) is 1. The number of carboxylic acid groups (broad SMARTS) is 1. The van der Waals surface area contributed by atoms with Gasteiger partial charge < -0.3 is 19.1 Å². The van der Waals surface area contributed by atoms with Crippen LogP contribution in [0, 0.1) is 23.3 Å². The minimum absolute atomic E-state index is 0.00470. The molecule has 4 heterocycles. The highest BCUT2D eigenvalue weighted by atomic mass is 19.1. The lowest BCUT2D eigenvalue weighted by molar-refractivity contribution is -0.0591. The number of pyridine rings is 1. The highest BCUT2D eigenvalue weighted by molar-refractivity contribution is 5.92. The molecule has 2 aromatic carbocycles. The van der Waals surface area contributed by atoms with E-state index in [4.69, 9.17) is 14.5 Å². The van der Waals surface area contributed by atoms with Gasteiger partial charge in [-0.25, -0.2) is 32.3 Å². The van der Waals surface area contributed by atoms with Crippen LogP contribution < -0.4 is 4.74 Å². The van der Waals surface area contributed by atoms with Crippen LogP contribution in [-0.4, -0.2) is 56.3 Å². The van der Waals surface area contributed by atoms with E-state index in [0.717, 1.165) is 23.8 Å². The van der Waals surface area contributed by atoms with Crippen LogP contribution in [-0.2, 0) is 24.4 Å². The van der Waals surface area contributed by atoms with Gasteiger partial charge in [0.25, 0.3) is 5.88 Å². The van der Waals surface area contributed by atoms with Crippen molar-refractivity contribution in [3.8, 4) is 5.88 Å². The molecule has 0 amide bonds. The number of benzene rings is 2. The third-order valence-corrected chi connectivity index (χ3v) is 7.49. The van der Waals surface area contributed by atoms with Crippen molar-refractivity contribution in [3.63, 3.8) is 0 Å². The van der Waals surface area contributed by atoms with Gasteiger partial charge in [-0.05, 0) is 48.7 Å². The number of nitrogens with zero attached hydrogens (tertiary/aromatic N) is 4. The van der Waals surface area contributed by atoms with Crippen molar-refractivity contribution in [1.29, 1.82) is 0 Å². The van der Waals surface area contributed by atoms with Gasteiger partial charge in [0, 0.05) is 37.4 Å². The summed E-state index contributed by atoms with van der Waals surface area (Å²) in [6.45, 7) is 2.27. The minimum Gasteiger partial charge on any atom is -0.478 e. The van der Waals surface area contributed by atoms with Crippen molar-refractivity contribution in [2.75, 3.05) is 19.7 Å². The fraction of sp³-hybridized carbons (Fsp3) is 0.300. The molecule has 1 atom stereocenters. The van der Waals surface area contributed by atoms with Crippen LogP contribution in [0.4, 0.5) is 17.6 Å². The molecule has 0 radical (unpaired) electrons. The van der Waals surface area contributed by atoms with Crippen LogP contribution in [0.15, 0.2) is 48.5 Å². The van der Waals surface area contributed by atoms with Gasteiger partial charge in [0.15, 0.2) is 11.6 Å². The molecule has 42 heavy (non-hydrogen) atoms. The van der Waals surface area contributed by atoms with Crippen molar-refractivity contribution in [3.05, 3.63) is 94.5 Å². The fourth-order valence-electron chi connectivity index (χ4n) is 5.09. The Balaban J connectivity index is 1.19. The molecular formula is C30H26F4N4O4.